The summed E-state index contributed by atoms with van der Waals surface area (Å²) >= 11 is 0. The van der Waals surface area contributed by atoms with Gasteiger partial charge < -0.3 is 10.1 Å². The fourth-order valence-electron chi connectivity index (χ4n) is 3.89. The molecule has 5 aromatic heterocycles. The van der Waals surface area contributed by atoms with Gasteiger partial charge in [-0.25, -0.2) is 9.50 Å². The third-order valence-electron chi connectivity index (χ3n) is 6.02. The summed E-state index contributed by atoms with van der Waals surface area (Å²) in [6.45, 7) is 1.08. The first-order chi connectivity index (χ1) is 17.4. The highest BCUT2D eigenvalue weighted by molar-refractivity contribution is 5.93. The Morgan fingerprint density at radius 1 is 1.11 bits per heavy atom. The third kappa shape index (κ3) is 3.96. The first kappa shape index (κ1) is 22.2. The number of ether oxygens (including phenoxy) is 1. The summed E-state index contributed by atoms with van der Waals surface area (Å²) in [7, 11) is 1.61. The molecule has 1 aliphatic carbocycles. The van der Waals surface area contributed by atoms with Crippen molar-refractivity contribution in [2.45, 2.75) is 25.3 Å². The van der Waals surface area contributed by atoms with Gasteiger partial charge in [-0.3, -0.25) is 13.9 Å². The fourth-order valence-corrected chi connectivity index (χ4v) is 3.89. The zero-order valence-corrected chi connectivity index (χ0v) is 19.2. The quantitative estimate of drug-likeness (QED) is 0.353. The van der Waals surface area contributed by atoms with Gasteiger partial charge in [-0.2, -0.15) is 19.0 Å². The molecule has 5 heterocycles. The number of aromatic nitrogens is 8. The van der Waals surface area contributed by atoms with Crippen LogP contribution in [0.3, 0.4) is 0 Å². The summed E-state index contributed by atoms with van der Waals surface area (Å²) in [5, 5.41) is 18.7. The molecule has 0 aromatic carbocycles. The van der Waals surface area contributed by atoms with Gasteiger partial charge in [0.05, 0.1) is 25.5 Å². The molecule has 0 atom stereocenters. The average Bonchev–Trinajstić information content (AvgIpc) is 3.27. The monoisotopic (exact) mass is 493 g/mol. The van der Waals surface area contributed by atoms with Crippen LogP contribution in [0.25, 0.3) is 22.4 Å². The van der Waals surface area contributed by atoms with E-state index in [1.165, 1.54) is 27.2 Å². The van der Waals surface area contributed by atoms with Gasteiger partial charge in [-0.15, -0.1) is 10.2 Å². The molecule has 1 aliphatic rings. The number of carbonyl (C=O) groups excluding carboxylic acids is 1. The van der Waals surface area contributed by atoms with Crippen molar-refractivity contribution in [2.24, 2.45) is 5.92 Å². The van der Waals surface area contributed by atoms with E-state index in [-0.39, 0.29) is 23.3 Å². The molecule has 0 unspecified atom stereocenters. The van der Waals surface area contributed by atoms with E-state index < -0.39 is 17.4 Å². The first-order valence-electron chi connectivity index (χ1n) is 11.3. The summed E-state index contributed by atoms with van der Waals surface area (Å²) < 4.78 is 40.6. The Morgan fingerprint density at radius 2 is 1.94 bits per heavy atom. The van der Waals surface area contributed by atoms with Crippen molar-refractivity contribution >= 4 is 23.0 Å². The molecule has 184 valence electrons. The van der Waals surface area contributed by atoms with E-state index in [1.807, 2.05) is 6.20 Å². The average molecular weight is 493 g/mol. The molecule has 13 heteroatoms. The highest BCUT2D eigenvalue weighted by atomic mass is 19.3. The maximum atomic E-state index is 15.7. The molecular formula is C23H21F2N9O2. The molecule has 0 spiro atoms. The summed E-state index contributed by atoms with van der Waals surface area (Å²) in [4.78, 5) is 16.2. The Hall–Kier alpha value is -4.26. The summed E-state index contributed by atoms with van der Waals surface area (Å²) in [6.07, 6.45) is 8.13. The fraction of sp³-hybridized carbons (Fsp3) is 0.304. The van der Waals surface area contributed by atoms with Crippen LogP contribution in [0.4, 0.5) is 14.6 Å². The van der Waals surface area contributed by atoms with E-state index >= 15 is 8.78 Å². The highest BCUT2D eigenvalue weighted by Crippen LogP contribution is 2.34. The van der Waals surface area contributed by atoms with Gasteiger partial charge in [0.15, 0.2) is 17.1 Å². The second-order valence-corrected chi connectivity index (χ2v) is 8.64. The van der Waals surface area contributed by atoms with Crippen molar-refractivity contribution in [2.75, 3.05) is 19.0 Å². The normalized spacial score (nSPS) is 14.1. The van der Waals surface area contributed by atoms with Crippen LogP contribution in [0.15, 0.2) is 49.1 Å². The van der Waals surface area contributed by atoms with Crippen LogP contribution < -0.4 is 5.32 Å². The Balaban J connectivity index is 1.32. The molecule has 1 saturated carbocycles. The van der Waals surface area contributed by atoms with Gasteiger partial charge in [-0.05, 0) is 37.1 Å². The molecule has 0 saturated heterocycles. The first-order valence-corrected chi connectivity index (χ1v) is 11.3. The van der Waals surface area contributed by atoms with Gasteiger partial charge in [0.1, 0.15) is 5.69 Å². The van der Waals surface area contributed by atoms with E-state index in [9.17, 15) is 4.79 Å². The van der Waals surface area contributed by atoms with Crippen LogP contribution in [0.1, 0.15) is 24.4 Å². The number of hydrogen-bond acceptors (Lipinski definition) is 7. The molecule has 36 heavy (non-hydrogen) atoms. The van der Waals surface area contributed by atoms with E-state index in [2.05, 4.69) is 30.7 Å². The lowest BCUT2D eigenvalue weighted by atomic mass is 10.1. The Morgan fingerprint density at radius 3 is 2.75 bits per heavy atom. The maximum absolute atomic E-state index is 15.7. The van der Waals surface area contributed by atoms with E-state index in [0.717, 1.165) is 18.4 Å². The lowest BCUT2D eigenvalue weighted by Crippen LogP contribution is -2.22. The number of imidazole rings is 1. The zero-order valence-electron chi connectivity index (χ0n) is 19.2. The largest absolute Gasteiger partial charge is 0.383 e. The van der Waals surface area contributed by atoms with Crippen LogP contribution in [0, 0.1) is 5.92 Å². The Labute approximate surface area is 202 Å². The molecule has 5 aromatic rings. The minimum atomic E-state index is -3.56. The molecule has 0 bridgehead atoms. The van der Waals surface area contributed by atoms with Crippen LogP contribution in [-0.2, 0) is 22.0 Å². The molecule has 11 nitrogen and oxygen atoms in total. The molecular weight excluding hydrogens is 472 g/mol. The number of amides is 1. The number of nitrogens with one attached hydrogen (secondary N) is 1. The second kappa shape index (κ2) is 8.45. The predicted octanol–water partition coefficient (Wildman–Crippen LogP) is 2.77. The topological polar surface area (TPSA) is 117 Å². The van der Waals surface area contributed by atoms with E-state index in [1.54, 1.807) is 36.3 Å². The number of carbonyl (C=O) groups is 1. The minimum absolute atomic E-state index is 0.00604. The number of rotatable bonds is 8. The number of pyridine rings is 1. The number of fused-ring (bicyclic) bond motifs is 2. The van der Waals surface area contributed by atoms with Crippen molar-refractivity contribution in [3.8, 4) is 11.1 Å². The zero-order chi connectivity index (χ0) is 24.9. The maximum Gasteiger partial charge on any atom is 0.350 e. The van der Waals surface area contributed by atoms with Crippen LogP contribution in [0.2, 0.25) is 0 Å². The smallest absolute Gasteiger partial charge is 0.350 e. The van der Waals surface area contributed by atoms with Gasteiger partial charge in [0.2, 0.25) is 11.7 Å². The number of hydrogen-bond donors (Lipinski definition) is 1. The second-order valence-electron chi connectivity index (χ2n) is 8.64. The predicted molar refractivity (Wildman–Crippen MR) is 123 cm³/mol. The lowest BCUT2D eigenvalue weighted by molar-refractivity contribution is -0.117. The molecule has 6 rings (SSSR count). The van der Waals surface area contributed by atoms with Gasteiger partial charge in [-0.1, -0.05) is 0 Å². The molecule has 0 radical (unpaired) electrons. The summed E-state index contributed by atoms with van der Waals surface area (Å²) in [6, 6.07) is 6.01. The van der Waals surface area contributed by atoms with Crippen molar-refractivity contribution < 1.29 is 18.3 Å². The Kier molecular flexibility index (Phi) is 5.21. The van der Waals surface area contributed by atoms with Crippen LogP contribution in [0.5, 0.6) is 0 Å². The van der Waals surface area contributed by atoms with Crippen LogP contribution in [-0.4, -0.2) is 58.6 Å². The Bertz CT molecular complexity index is 1590. The number of halogens is 2. The van der Waals surface area contributed by atoms with Gasteiger partial charge in [0.25, 0.3) is 0 Å². The summed E-state index contributed by atoms with van der Waals surface area (Å²) in [5.41, 5.74) is 1.51. The molecule has 1 amide bonds. The number of nitrogens with zero attached hydrogens (tertiary/aromatic N) is 8. The minimum Gasteiger partial charge on any atom is -0.383 e. The third-order valence-corrected chi connectivity index (χ3v) is 6.02. The molecule has 1 fully saturated rings. The summed E-state index contributed by atoms with van der Waals surface area (Å²) in [5.74, 6) is -3.99. The highest BCUT2D eigenvalue weighted by Gasteiger charge is 2.41. The van der Waals surface area contributed by atoms with Crippen molar-refractivity contribution in [3.05, 3.63) is 60.6 Å². The van der Waals surface area contributed by atoms with Gasteiger partial charge in [0, 0.05) is 36.5 Å². The van der Waals surface area contributed by atoms with Crippen molar-refractivity contribution in [3.63, 3.8) is 0 Å². The van der Waals surface area contributed by atoms with Crippen molar-refractivity contribution in [1.29, 1.82) is 0 Å². The van der Waals surface area contributed by atoms with E-state index in [4.69, 9.17) is 4.74 Å². The number of alkyl halides is 2. The van der Waals surface area contributed by atoms with E-state index in [0.29, 0.717) is 24.4 Å². The molecule has 0 aliphatic heterocycles. The standard InChI is InChI=1S/C23H21F2N9O2/c1-36-9-8-32-11-16(10-26-32)15-4-6-20-29-30-22(33(20)12-15)23(24,25)17-5-7-19-27-18(13-34(19)31-17)28-21(35)14-2-3-14/h4-7,10-14H,2-3,8-9H2,1H3,(H,28,35). The lowest BCUT2D eigenvalue weighted by Gasteiger charge is -2.14. The molecule has 1 N–H and O–H groups in total. The SMILES string of the molecule is COCCn1cc(-c2ccc3nnc(C(F)(F)c4ccc5nc(NC(=O)C6CC6)cn5n4)n3c2)cn1. The van der Waals surface area contributed by atoms with Crippen molar-refractivity contribution in [1.82, 2.24) is 39.0 Å². The van der Waals surface area contributed by atoms with Gasteiger partial charge >= 0.3 is 5.92 Å². The number of anilines is 1. The number of methoxy groups -OCH3 is 1. The van der Waals surface area contributed by atoms with Crippen LogP contribution >= 0.6 is 0 Å².